The van der Waals surface area contributed by atoms with Gasteiger partial charge in [-0.3, -0.25) is 4.68 Å². The highest BCUT2D eigenvalue weighted by molar-refractivity contribution is 5.29. The second kappa shape index (κ2) is 3.14. The summed E-state index contributed by atoms with van der Waals surface area (Å²) in [4.78, 5) is 0. The molecule has 1 aromatic heterocycles. The lowest BCUT2D eigenvalue weighted by molar-refractivity contribution is 0.519. The zero-order valence-electron chi connectivity index (χ0n) is 9.18. The average molecular weight is 181 g/mol. The monoisotopic (exact) mass is 181 g/mol. The first-order chi connectivity index (χ1) is 5.88. The molecule has 0 unspecified atom stereocenters. The van der Waals surface area contributed by atoms with Crippen LogP contribution in [0.25, 0.3) is 0 Å². The van der Waals surface area contributed by atoms with Crippen LogP contribution in [0.3, 0.4) is 0 Å². The van der Waals surface area contributed by atoms with Crippen molar-refractivity contribution in [3.63, 3.8) is 0 Å². The summed E-state index contributed by atoms with van der Waals surface area (Å²) in [5.74, 6) is 0. The molecule has 13 heavy (non-hydrogen) atoms. The lowest BCUT2D eigenvalue weighted by Gasteiger charge is -2.19. The van der Waals surface area contributed by atoms with Crippen LogP contribution in [-0.2, 0) is 19.0 Å². The van der Waals surface area contributed by atoms with E-state index in [0.717, 1.165) is 5.69 Å². The molecule has 0 aliphatic rings. The molecule has 0 radical (unpaired) electrons. The molecule has 0 atom stereocenters. The van der Waals surface area contributed by atoms with Crippen LogP contribution in [0, 0.1) is 6.92 Å². The van der Waals surface area contributed by atoms with E-state index in [0.29, 0.717) is 6.54 Å². The van der Waals surface area contributed by atoms with Gasteiger partial charge in [0, 0.05) is 24.7 Å². The maximum absolute atomic E-state index is 5.60. The molecular weight excluding hydrogens is 162 g/mol. The Morgan fingerprint density at radius 1 is 1.38 bits per heavy atom. The number of nitrogens with two attached hydrogens (primary N) is 1. The third kappa shape index (κ3) is 1.75. The summed E-state index contributed by atoms with van der Waals surface area (Å²) in [6.45, 7) is 9.19. The second-order valence-electron chi connectivity index (χ2n) is 4.50. The van der Waals surface area contributed by atoms with E-state index in [1.807, 2.05) is 11.7 Å². The highest BCUT2D eigenvalue weighted by Crippen LogP contribution is 2.26. The minimum Gasteiger partial charge on any atom is -0.325 e. The Hall–Kier alpha value is -0.830. The quantitative estimate of drug-likeness (QED) is 0.713. The molecule has 0 saturated heterocycles. The molecule has 3 heteroatoms. The minimum atomic E-state index is 0.138. The lowest BCUT2D eigenvalue weighted by Crippen LogP contribution is -2.17. The Balaban J connectivity index is 3.29. The predicted molar refractivity (Wildman–Crippen MR) is 54.5 cm³/mol. The van der Waals surface area contributed by atoms with Crippen molar-refractivity contribution in [2.24, 2.45) is 12.8 Å². The van der Waals surface area contributed by atoms with Gasteiger partial charge in [-0.2, -0.15) is 5.10 Å². The van der Waals surface area contributed by atoms with Crippen LogP contribution >= 0.6 is 0 Å². The maximum Gasteiger partial charge on any atom is 0.0792 e. The van der Waals surface area contributed by atoms with Crippen molar-refractivity contribution in [1.82, 2.24) is 9.78 Å². The van der Waals surface area contributed by atoms with E-state index < -0.39 is 0 Å². The van der Waals surface area contributed by atoms with E-state index in [-0.39, 0.29) is 5.41 Å². The largest absolute Gasteiger partial charge is 0.325 e. The van der Waals surface area contributed by atoms with E-state index in [1.54, 1.807) is 0 Å². The summed E-state index contributed by atoms with van der Waals surface area (Å²) in [7, 11) is 1.98. The van der Waals surface area contributed by atoms with Crippen molar-refractivity contribution in [3.8, 4) is 0 Å². The number of nitrogens with zero attached hydrogens (tertiary/aromatic N) is 2. The van der Waals surface area contributed by atoms with Crippen LogP contribution in [0.15, 0.2) is 0 Å². The maximum atomic E-state index is 5.60. The Kier molecular flexibility index (Phi) is 2.48. The summed E-state index contributed by atoms with van der Waals surface area (Å²) in [5.41, 5.74) is 9.25. The van der Waals surface area contributed by atoms with E-state index in [9.17, 15) is 0 Å². The van der Waals surface area contributed by atoms with Crippen molar-refractivity contribution in [1.29, 1.82) is 0 Å². The molecule has 1 aromatic rings. The van der Waals surface area contributed by atoms with Crippen LogP contribution in [0.1, 0.15) is 37.7 Å². The summed E-state index contributed by atoms with van der Waals surface area (Å²) >= 11 is 0. The highest BCUT2D eigenvalue weighted by Gasteiger charge is 2.22. The van der Waals surface area contributed by atoms with Crippen molar-refractivity contribution >= 4 is 0 Å². The molecule has 0 saturated carbocycles. The van der Waals surface area contributed by atoms with Crippen LogP contribution in [0.5, 0.6) is 0 Å². The molecule has 0 amide bonds. The molecule has 2 N–H and O–H groups in total. The standard InChI is InChI=1S/C10H19N3/c1-7-8(6-11)12-13(5)9(7)10(2,3)4/h6,11H2,1-5H3. The van der Waals surface area contributed by atoms with Crippen LogP contribution in [0.2, 0.25) is 0 Å². The summed E-state index contributed by atoms with van der Waals surface area (Å²) in [6, 6.07) is 0. The Labute approximate surface area is 79.9 Å². The van der Waals surface area contributed by atoms with Gasteiger partial charge < -0.3 is 5.73 Å². The molecule has 0 aliphatic heterocycles. The Bertz CT molecular complexity index is 305. The SMILES string of the molecule is Cc1c(CN)nn(C)c1C(C)(C)C. The molecule has 1 rings (SSSR count). The number of hydrogen-bond donors (Lipinski definition) is 1. The number of hydrogen-bond acceptors (Lipinski definition) is 2. The van der Waals surface area contributed by atoms with E-state index in [1.165, 1.54) is 11.3 Å². The van der Waals surface area contributed by atoms with E-state index >= 15 is 0 Å². The van der Waals surface area contributed by atoms with Crippen molar-refractivity contribution in [2.75, 3.05) is 0 Å². The van der Waals surface area contributed by atoms with Gasteiger partial charge in [-0.25, -0.2) is 0 Å². The molecule has 0 spiro atoms. The molecule has 0 bridgehead atoms. The van der Waals surface area contributed by atoms with Crippen molar-refractivity contribution < 1.29 is 0 Å². The highest BCUT2D eigenvalue weighted by atomic mass is 15.3. The average Bonchev–Trinajstić information content (AvgIpc) is 2.24. The minimum absolute atomic E-state index is 0.138. The molecule has 0 aliphatic carbocycles. The fourth-order valence-corrected chi connectivity index (χ4v) is 1.93. The van der Waals surface area contributed by atoms with Crippen molar-refractivity contribution in [3.05, 3.63) is 17.0 Å². The number of aryl methyl sites for hydroxylation is 1. The first-order valence-electron chi connectivity index (χ1n) is 4.61. The van der Waals surface area contributed by atoms with Crippen LogP contribution in [-0.4, -0.2) is 9.78 Å². The van der Waals surface area contributed by atoms with E-state index in [4.69, 9.17) is 5.73 Å². The first-order valence-corrected chi connectivity index (χ1v) is 4.61. The van der Waals surface area contributed by atoms with Gasteiger partial charge in [0.05, 0.1) is 5.69 Å². The van der Waals surface area contributed by atoms with Gasteiger partial charge >= 0.3 is 0 Å². The predicted octanol–water partition coefficient (Wildman–Crippen LogP) is 1.48. The summed E-state index contributed by atoms with van der Waals surface area (Å²) < 4.78 is 1.94. The van der Waals surface area contributed by atoms with Crippen LogP contribution < -0.4 is 5.73 Å². The molecule has 3 nitrogen and oxygen atoms in total. The topological polar surface area (TPSA) is 43.8 Å². The number of rotatable bonds is 1. The van der Waals surface area contributed by atoms with Gasteiger partial charge in [-0.15, -0.1) is 0 Å². The van der Waals surface area contributed by atoms with Gasteiger partial charge in [-0.1, -0.05) is 20.8 Å². The zero-order valence-corrected chi connectivity index (χ0v) is 9.18. The third-order valence-corrected chi connectivity index (χ3v) is 2.29. The fraction of sp³-hybridized carbons (Fsp3) is 0.700. The second-order valence-corrected chi connectivity index (χ2v) is 4.50. The van der Waals surface area contributed by atoms with Crippen molar-refractivity contribution in [2.45, 2.75) is 39.7 Å². The zero-order chi connectivity index (χ0) is 10.2. The smallest absolute Gasteiger partial charge is 0.0792 e. The third-order valence-electron chi connectivity index (χ3n) is 2.29. The van der Waals surface area contributed by atoms with Gasteiger partial charge in [0.25, 0.3) is 0 Å². The Morgan fingerprint density at radius 2 is 1.92 bits per heavy atom. The van der Waals surface area contributed by atoms with Gasteiger partial charge in [0.2, 0.25) is 0 Å². The van der Waals surface area contributed by atoms with Gasteiger partial charge in [0.15, 0.2) is 0 Å². The molecule has 74 valence electrons. The lowest BCUT2D eigenvalue weighted by atomic mass is 9.89. The molecular formula is C10H19N3. The van der Waals surface area contributed by atoms with Gasteiger partial charge in [0.1, 0.15) is 0 Å². The normalized spacial score (nSPS) is 12.2. The van der Waals surface area contributed by atoms with E-state index in [2.05, 4.69) is 32.8 Å². The first kappa shape index (κ1) is 10.3. The Morgan fingerprint density at radius 3 is 2.15 bits per heavy atom. The van der Waals surface area contributed by atoms with Crippen LogP contribution in [0.4, 0.5) is 0 Å². The molecule has 1 heterocycles. The molecule has 0 fully saturated rings. The fourth-order valence-electron chi connectivity index (χ4n) is 1.93. The summed E-state index contributed by atoms with van der Waals surface area (Å²) in [6.07, 6.45) is 0. The number of aromatic nitrogens is 2. The van der Waals surface area contributed by atoms with Gasteiger partial charge in [-0.05, 0) is 12.5 Å². The summed E-state index contributed by atoms with van der Waals surface area (Å²) in [5, 5.41) is 4.39. The molecule has 0 aromatic carbocycles.